The lowest BCUT2D eigenvalue weighted by Crippen LogP contribution is -2.03. The fourth-order valence-electron chi connectivity index (χ4n) is 1.99. The van der Waals surface area contributed by atoms with Crippen molar-refractivity contribution in [1.29, 1.82) is 0 Å². The second-order valence-corrected chi connectivity index (χ2v) is 6.84. The Morgan fingerprint density at radius 2 is 1.95 bits per heavy atom. The van der Waals surface area contributed by atoms with Crippen LogP contribution in [-0.4, -0.2) is 4.21 Å². The molecule has 2 aromatic rings. The van der Waals surface area contributed by atoms with E-state index in [4.69, 9.17) is 5.73 Å². The van der Waals surface area contributed by atoms with E-state index in [2.05, 4.69) is 22.0 Å². The summed E-state index contributed by atoms with van der Waals surface area (Å²) in [6.45, 7) is 4.02. The number of nitrogen functional groups attached to an aromatic ring is 1. The minimum atomic E-state index is -1.08. The highest BCUT2D eigenvalue weighted by Gasteiger charge is 2.12. The van der Waals surface area contributed by atoms with Crippen molar-refractivity contribution < 1.29 is 4.21 Å². The van der Waals surface area contributed by atoms with Crippen molar-refractivity contribution in [3.05, 3.63) is 57.6 Å². The summed E-state index contributed by atoms with van der Waals surface area (Å²) >= 11 is 3.46. The van der Waals surface area contributed by atoms with Crippen molar-refractivity contribution in [2.45, 2.75) is 24.5 Å². The van der Waals surface area contributed by atoms with E-state index in [-0.39, 0.29) is 0 Å². The molecule has 2 N–H and O–H groups in total. The normalized spacial score (nSPS) is 12.4. The minimum Gasteiger partial charge on any atom is -0.398 e. The van der Waals surface area contributed by atoms with Gasteiger partial charge in [0.1, 0.15) is 0 Å². The fourth-order valence-corrected chi connectivity index (χ4v) is 4.08. The van der Waals surface area contributed by atoms with Crippen LogP contribution in [0.25, 0.3) is 0 Å². The molecular formula is C15H16BrNOS. The highest BCUT2D eigenvalue weighted by atomic mass is 79.9. The van der Waals surface area contributed by atoms with E-state index in [1.54, 1.807) is 0 Å². The summed E-state index contributed by atoms with van der Waals surface area (Å²) in [4.78, 5) is 0.876. The number of nitrogens with two attached hydrogens (primary N) is 1. The van der Waals surface area contributed by atoms with Crippen LogP contribution in [0.15, 0.2) is 45.8 Å². The molecule has 19 heavy (non-hydrogen) atoms. The zero-order valence-corrected chi connectivity index (χ0v) is 13.3. The zero-order valence-electron chi connectivity index (χ0n) is 10.9. The lowest BCUT2D eigenvalue weighted by atomic mass is 10.2. The Bertz CT molecular complexity index is 620. The predicted molar refractivity (Wildman–Crippen MR) is 84.6 cm³/mol. The fraction of sp³-hybridized carbons (Fsp3) is 0.200. The maximum Gasteiger partial charge on any atom is 0.0578 e. The van der Waals surface area contributed by atoms with Crippen molar-refractivity contribution in [1.82, 2.24) is 0 Å². The smallest absolute Gasteiger partial charge is 0.0578 e. The maximum absolute atomic E-state index is 12.5. The Morgan fingerprint density at radius 3 is 2.58 bits per heavy atom. The van der Waals surface area contributed by atoms with Crippen molar-refractivity contribution in [3.8, 4) is 0 Å². The van der Waals surface area contributed by atoms with Crippen molar-refractivity contribution in [3.63, 3.8) is 0 Å². The molecule has 0 radical (unpaired) electrons. The van der Waals surface area contributed by atoms with Crippen molar-refractivity contribution >= 4 is 32.4 Å². The predicted octanol–water partition coefficient (Wildman–Crippen LogP) is 3.96. The number of anilines is 1. The second kappa shape index (κ2) is 5.88. The van der Waals surface area contributed by atoms with Crippen LogP contribution in [0, 0.1) is 13.8 Å². The van der Waals surface area contributed by atoms with E-state index in [1.165, 1.54) is 5.56 Å². The molecular weight excluding hydrogens is 322 g/mol. The first-order chi connectivity index (χ1) is 8.99. The molecule has 0 aliphatic rings. The topological polar surface area (TPSA) is 43.1 Å². The Morgan fingerprint density at radius 1 is 1.21 bits per heavy atom. The van der Waals surface area contributed by atoms with Gasteiger partial charge in [0.15, 0.2) is 0 Å². The van der Waals surface area contributed by atoms with Gasteiger partial charge in [-0.05, 0) is 37.6 Å². The molecule has 2 aromatic carbocycles. The number of benzene rings is 2. The average molecular weight is 338 g/mol. The molecule has 0 aromatic heterocycles. The standard InChI is InChI=1S/C15H16BrNOS/c1-10-6-7-15(11(2)8-10)19(18)9-12-13(16)4-3-5-14(12)17/h3-8H,9,17H2,1-2H3. The van der Waals surface area contributed by atoms with Crippen LogP contribution in [0.5, 0.6) is 0 Å². The minimum absolute atomic E-state index is 0.428. The molecule has 0 heterocycles. The molecule has 0 bridgehead atoms. The molecule has 0 fully saturated rings. The van der Waals surface area contributed by atoms with Gasteiger partial charge >= 0.3 is 0 Å². The van der Waals surface area contributed by atoms with E-state index < -0.39 is 10.8 Å². The van der Waals surface area contributed by atoms with Gasteiger partial charge in [-0.2, -0.15) is 0 Å². The molecule has 0 saturated carbocycles. The summed E-state index contributed by atoms with van der Waals surface area (Å²) in [6.07, 6.45) is 0. The van der Waals surface area contributed by atoms with Gasteiger partial charge in [0.25, 0.3) is 0 Å². The van der Waals surface area contributed by atoms with Gasteiger partial charge in [0.2, 0.25) is 0 Å². The number of halogens is 1. The Labute approximate surface area is 124 Å². The molecule has 0 amide bonds. The SMILES string of the molecule is Cc1ccc(S(=O)Cc2c(N)cccc2Br)c(C)c1. The van der Waals surface area contributed by atoms with Gasteiger partial charge in [-0.25, -0.2) is 0 Å². The van der Waals surface area contributed by atoms with Gasteiger partial charge in [-0.1, -0.05) is 39.7 Å². The molecule has 0 saturated heterocycles. The van der Waals surface area contributed by atoms with E-state index in [9.17, 15) is 4.21 Å². The third-order valence-electron chi connectivity index (χ3n) is 3.01. The first-order valence-electron chi connectivity index (χ1n) is 5.97. The number of aryl methyl sites for hydroxylation is 2. The van der Waals surface area contributed by atoms with Crippen LogP contribution >= 0.6 is 15.9 Å². The van der Waals surface area contributed by atoms with E-state index >= 15 is 0 Å². The van der Waals surface area contributed by atoms with Gasteiger partial charge in [-0.15, -0.1) is 0 Å². The average Bonchev–Trinajstić information content (AvgIpc) is 2.33. The van der Waals surface area contributed by atoms with Crippen LogP contribution in [0.2, 0.25) is 0 Å². The Balaban J connectivity index is 2.31. The van der Waals surface area contributed by atoms with Gasteiger partial charge < -0.3 is 5.73 Å². The van der Waals surface area contributed by atoms with Crippen LogP contribution < -0.4 is 5.73 Å². The van der Waals surface area contributed by atoms with E-state index in [0.717, 1.165) is 20.5 Å². The molecule has 2 nitrogen and oxygen atoms in total. The highest BCUT2D eigenvalue weighted by Crippen LogP contribution is 2.26. The molecule has 4 heteroatoms. The molecule has 1 unspecified atom stereocenters. The Hall–Kier alpha value is -1.13. The number of hydrogen-bond acceptors (Lipinski definition) is 2. The molecule has 0 aliphatic heterocycles. The van der Waals surface area contributed by atoms with Crippen LogP contribution in [0.3, 0.4) is 0 Å². The van der Waals surface area contributed by atoms with Crippen LogP contribution in [0.1, 0.15) is 16.7 Å². The number of hydrogen-bond donors (Lipinski definition) is 1. The monoisotopic (exact) mass is 337 g/mol. The summed E-state index contributed by atoms with van der Waals surface area (Å²) in [5.41, 5.74) is 9.76. The summed E-state index contributed by atoms with van der Waals surface area (Å²) in [7, 11) is -1.08. The summed E-state index contributed by atoms with van der Waals surface area (Å²) in [5, 5.41) is 0. The zero-order chi connectivity index (χ0) is 14.0. The van der Waals surface area contributed by atoms with Gasteiger partial charge in [0, 0.05) is 20.6 Å². The summed E-state index contributed by atoms with van der Waals surface area (Å²) in [5.74, 6) is 0.428. The molecule has 2 rings (SSSR count). The van der Waals surface area contributed by atoms with Crippen molar-refractivity contribution in [2.24, 2.45) is 0 Å². The highest BCUT2D eigenvalue weighted by molar-refractivity contribution is 9.10. The summed E-state index contributed by atoms with van der Waals surface area (Å²) < 4.78 is 13.4. The first-order valence-corrected chi connectivity index (χ1v) is 8.08. The lowest BCUT2D eigenvalue weighted by Gasteiger charge is -2.10. The third-order valence-corrected chi connectivity index (χ3v) is 5.25. The second-order valence-electron chi connectivity index (χ2n) is 4.57. The van der Waals surface area contributed by atoms with E-state index in [0.29, 0.717) is 11.4 Å². The van der Waals surface area contributed by atoms with Crippen LogP contribution in [0.4, 0.5) is 5.69 Å². The van der Waals surface area contributed by atoms with Gasteiger partial charge in [-0.3, -0.25) is 4.21 Å². The first kappa shape index (κ1) is 14.3. The van der Waals surface area contributed by atoms with E-state index in [1.807, 2.05) is 44.2 Å². The van der Waals surface area contributed by atoms with Gasteiger partial charge in [0.05, 0.1) is 16.6 Å². The lowest BCUT2D eigenvalue weighted by molar-refractivity contribution is 0.682. The number of rotatable bonds is 3. The summed E-state index contributed by atoms with van der Waals surface area (Å²) in [6, 6.07) is 11.6. The van der Waals surface area contributed by atoms with Crippen molar-refractivity contribution in [2.75, 3.05) is 5.73 Å². The molecule has 0 spiro atoms. The Kier molecular flexibility index (Phi) is 4.42. The largest absolute Gasteiger partial charge is 0.398 e. The van der Waals surface area contributed by atoms with Crippen LogP contribution in [-0.2, 0) is 16.6 Å². The third kappa shape index (κ3) is 3.25. The molecule has 0 aliphatic carbocycles. The maximum atomic E-state index is 12.5. The molecule has 1 atom stereocenters. The quantitative estimate of drug-likeness (QED) is 0.861. The molecule has 100 valence electrons.